The van der Waals surface area contributed by atoms with Gasteiger partial charge in [-0.15, -0.1) is 0 Å². The van der Waals surface area contributed by atoms with E-state index in [1.807, 2.05) is 23.1 Å². The summed E-state index contributed by atoms with van der Waals surface area (Å²) in [6.07, 6.45) is 5.22. The van der Waals surface area contributed by atoms with Crippen LogP contribution in [0.3, 0.4) is 0 Å². The first-order valence-electron chi connectivity index (χ1n) is 9.13. The zero-order valence-corrected chi connectivity index (χ0v) is 14.9. The van der Waals surface area contributed by atoms with Gasteiger partial charge in [0.25, 0.3) is 5.91 Å². The Kier molecular flexibility index (Phi) is 4.92. The lowest BCUT2D eigenvalue weighted by Gasteiger charge is -2.32. The molecular formula is C22H20FN3O. The average Bonchev–Trinajstić information content (AvgIpc) is 2.74. The molecule has 3 heterocycles. The van der Waals surface area contributed by atoms with Gasteiger partial charge in [-0.3, -0.25) is 14.8 Å². The van der Waals surface area contributed by atoms with Crippen LogP contribution in [0.25, 0.3) is 11.3 Å². The van der Waals surface area contributed by atoms with Crippen molar-refractivity contribution in [2.45, 2.75) is 18.8 Å². The number of aromatic nitrogens is 2. The van der Waals surface area contributed by atoms with Crippen LogP contribution in [-0.4, -0.2) is 33.9 Å². The third-order valence-electron chi connectivity index (χ3n) is 4.95. The van der Waals surface area contributed by atoms with Gasteiger partial charge in [-0.2, -0.15) is 0 Å². The molecule has 0 bridgehead atoms. The molecule has 2 aromatic heterocycles. The largest absolute Gasteiger partial charge is 0.338 e. The standard InChI is InChI=1S/C22H20FN3O/c23-19-10-8-16(9-11-19)20-6-1-7-21(25-20)18-5-3-13-26(15-18)22(27)17-4-2-12-24-14-17/h1-2,4,6-12,14,18H,3,5,13,15H2. The molecule has 1 aliphatic rings. The summed E-state index contributed by atoms with van der Waals surface area (Å²) in [5.41, 5.74) is 3.30. The minimum atomic E-state index is -0.258. The second-order valence-corrected chi connectivity index (χ2v) is 6.79. The Morgan fingerprint density at radius 2 is 1.93 bits per heavy atom. The highest BCUT2D eigenvalue weighted by atomic mass is 19.1. The number of rotatable bonds is 3. The minimum absolute atomic E-state index is 0.0162. The summed E-state index contributed by atoms with van der Waals surface area (Å²) in [6, 6.07) is 15.9. The van der Waals surface area contributed by atoms with E-state index in [0.717, 1.165) is 36.3 Å². The van der Waals surface area contributed by atoms with Gasteiger partial charge < -0.3 is 4.90 Å². The summed E-state index contributed by atoms with van der Waals surface area (Å²) in [5, 5.41) is 0. The van der Waals surface area contributed by atoms with Gasteiger partial charge in [0.15, 0.2) is 0 Å². The maximum atomic E-state index is 13.2. The minimum Gasteiger partial charge on any atom is -0.338 e. The van der Waals surface area contributed by atoms with Gasteiger partial charge in [0.05, 0.1) is 11.3 Å². The van der Waals surface area contributed by atoms with Crippen LogP contribution < -0.4 is 0 Å². The Morgan fingerprint density at radius 1 is 1.07 bits per heavy atom. The number of nitrogens with zero attached hydrogens (tertiary/aromatic N) is 3. The highest BCUT2D eigenvalue weighted by Crippen LogP contribution is 2.28. The topological polar surface area (TPSA) is 46.1 Å². The molecule has 1 amide bonds. The number of benzene rings is 1. The number of pyridine rings is 2. The van der Waals surface area contributed by atoms with Crippen LogP contribution in [0.15, 0.2) is 67.0 Å². The number of amides is 1. The highest BCUT2D eigenvalue weighted by Gasteiger charge is 2.26. The van der Waals surface area contributed by atoms with Gasteiger partial charge in [-0.25, -0.2) is 4.39 Å². The molecule has 0 saturated carbocycles. The van der Waals surface area contributed by atoms with Crippen LogP contribution in [-0.2, 0) is 0 Å². The van der Waals surface area contributed by atoms with Crippen molar-refractivity contribution in [2.24, 2.45) is 0 Å². The quantitative estimate of drug-likeness (QED) is 0.699. The van der Waals surface area contributed by atoms with E-state index in [1.54, 1.807) is 36.7 Å². The lowest BCUT2D eigenvalue weighted by atomic mass is 9.93. The van der Waals surface area contributed by atoms with Crippen molar-refractivity contribution in [1.82, 2.24) is 14.9 Å². The van der Waals surface area contributed by atoms with Gasteiger partial charge in [0, 0.05) is 42.7 Å². The third-order valence-corrected chi connectivity index (χ3v) is 4.95. The van der Waals surface area contributed by atoms with Crippen molar-refractivity contribution in [3.8, 4) is 11.3 Å². The van der Waals surface area contributed by atoms with Crippen molar-refractivity contribution < 1.29 is 9.18 Å². The van der Waals surface area contributed by atoms with Crippen LogP contribution in [0.1, 0.15) is 34.8 Å². The molecule has 1 atom stereocenters. The molecule has 0 radical (unpaired) electrons. The predicted molar refractivity (Wildman–Crippen MR) is 102 cm³/mol. The van der Waals surface area contributed by atoms with Crippen LogP contribution in [0.2, 0.25) is 0 Å². The molecule has 4 rings (SSSR count). The summed E-state index contributed by atoms with van der Waals surface area (Å²) < 4.78 is 13.2. The van der Waals surface area contributed by atoms with Gasteiger partial charge in [0.1, 0.15) is 5.82 Å². The van der Waals surface area contributed by atoms with E-state index in [9.17, 15) is 9.18 Å². The lowest BCUT2D eigenvalue weighted by molar-refractivity contribution is 0.0705. The van der Waals surface area contributed by atoms with Crippen LogP contribution in [0, 0.1) is 5.82 Å². The molecule has 1 fully saturated rings. The third kappa shape index (κ3) is 3.87. The molecule has 1 saturated heterocycles. The molecule has 1 aliphatic heterocycles. The first-order chi connectivity index (χ1) is 13.2. The first-order valence-corrected chi connectivity index (χ1v) is 9.13. The normalized spacial score (nSPS) is 16.9. The summed E-state index contributed by atoms with van der Waals surface area (Å²) in [5.74, 6) is -0.0472. The molecule has 27 heavy (non-hydrogen) atoms. The number of carbonyl (C=O) groups is 1. The molecule has 1 unspecified atom stereocenters. The lowest BCUT2D eigenvalue weighted by Crippen LogP contribution is -2.39. The zero-order chi connectivity index (χ0) is 18.6. The number of carbonyl (C=O) groups excluding carboxylic acids is 1. The fraction of sp³-hybridized carbons (Fsp3) is 0.227. The number of halogens is 1. The smallest absolute Gasteiger partial charge is 0.255 e. The van der Waals surface area contributed by atoms with Gasteiger partial charge in [-0.1, -0.05) is 6.07 Å². The predicted octanol–water partition coefficient (Wildman–Crippen LogP) is 4.30. The number of piperidine rings is 1. The number of hydrogen-bond acceptors (Lipinski definition) is 3. The van der Waals surface area contributed by atoms with E-state index in [1.165, 1.54) is 12.1 Å². The van der Waals surface area contributed by atoms with Crippen molar-refractivity contribution in [2.75, 3.05) is 13.1 Å². The van der Waals surface area contributed by atoms with E-state index in [-0.39, 0.29) is 17.6 Å². The number of hydrogen-bond donors (Lipinski definition) is 0. The molecule has 5 heteroatoms. The van der Waals surface area contributed by atoms with E-state index >= 15 is 0 Å². The Bertz CT molecular complexity index is 928. The summed E-state index contributed by atoms with van der Waals surface area (Å²) in [4.78, 5) is 23.4. The molecule has 0 aliphatic carbocycles. The summed E-state index contributed by atoms with van der Waals surface area (Å²) in [7, 11) is 0. The van der Waals surface area contributed by atoms with Crippen LogP contribution in [0.5, 0.6) is 0 Å². The monoisotopic (exact) mass is 361 g/mol. The fourth-order valence-electron chi connectivity index (χ4n) is 3.54. The Labute approximate surface area is 157 Å². The second kappa shape index (κ2) is 7.66. The fourth-order valence-corrected chi connectivity index (χ4v) is 3.54. The molecule has 0 N–H and O–H groups in total. The molecule has 4 nitrogen and oxygen atoms in total. The van der Waals surface area contributed by atoms with Gasteiger partial charge in [-0.05, 0) is 61.4 Å². The Balaban J connectivity index is 1.54. The summed E-state index contributed by atoms with van der Waals surface area (Å²) in [6.45, 7) is 1.40. The van der Waals surface area contributed by atoms with Crippen molar-refractivity contribution in [3.05, 3.63) is 84.1 Å². The molecule has 136 valence electrons. The van der Waals surface area contributed by atoms with Crippen LogP contribution in [0.4, 0.5) is 4.39 Å². The second-order valence-electron chi connectivity index (χ2n) is 6.79. The SMILES string of the molecule is O=C(c1cccnc1)N1CCCC(c2cccc(-c3ccc(F)cc3)n2)C1. The number of likely N-dealkylation sites (tertiary alicyclic amines) is 1. The maximum absolute atomic E-state index is 13.2. The van der Waals surface area contributed by atoms with Crippen molar-refractivity contribution in [3.63, 3.8) is 0 Å². The Hall–Kier alpha value is -3.08. The first kappa shape index (κ1) is 17.3. The van der Waals surface area contributed by atoms with Crippen LogP contribution >= 0.6 is 0 Å². The van der Waals surface area contributed by atoms with E-state index in [4.69, 9.17) is 4.98 Å². The van der Waals surface area contributed by atoms with Crippen molar-refractivity contribution in [1.29, 1.82) is 0 Å². The van der Waals surface area contributed by atoms with Gasteiger partial charge in [0.2, 0.25) is 0 Å². The van der Waals surface area contributed by atoms with E-state index < -0.39 is 0 Å². The Morgan fingerprint density at radius 3 is 2.70 bits per heavy atom. The van der Waals surface area contributed by atoms with Gasteiger partial charge >= 0.3 is 0 Å². The molecule has 1 aromatic carbocycles. The highest BCUT2D eigenvalue weighted by molar-refractivity contribution is 5.94. The van der Waals surface area contributed by atoms with E-state index in [2.05, 4.69) is 4.98 Å². The molecule has 3 aromatic rings. The zero-order valence-electron chi connectivity index (χ0n) is 14.9. The summed E-state index contributed by atoms with van der Waals surface area (Å²) >= 11 is 0. The average molecular weight is 361 g/mol. The van der Waals surface area contributed by atoms with Crippen molar-refractivity contribution >= 4 is 5.91 Å². The van der Waals surface area contributed by atoms with E-state index in [0.29, 0.717) is 12.1 Å². The maximum Gasteiger partial charge on any atom is 0.255 e. The molecular weight excluding hydrogens is 341 g/mol. The molecule has 0 spiro atoms.